The van der Waals surface area contributed by atoms with E-state index in [1.807, 2.05) is 6.07 Å². The van der Waals surface area contributed by atoms with Crippen LogP contribution in [-0.2, 0) is 11.3 Å². The molecule has 0 N–H and O–H groups in total. The minimum atomic E-state index is -0.497. The van der Waals surface area contributed by atoms with Gasteiger partial charge in [0, 0.05) is 11.6 Å². The van der Waals surface area contributed by atoms with Gasteiger partial charge in [-0.2, -0.15) is 0 Å². The van der Waals surface area contributed by atoms with E-state index in [-0.39, 0.29) is 6.61 Å². The lowest BCUT2D eigenvalue weighted by Gasteiger charge is -2.07. The molecule has 7 heteroatoms. The highest BCUT2D eigenvalue weighted by atomic mass is 16.5. The Balaban J connectivity index is 1.70. The van der Waals surface area contributed by atoms with Crippen LogP contribution in [-0.4, -0.2) is 32.5 Å². The Morgan fingerprint density at radius 2 is 1.67 bits per heavy atom. The van der Waals surface area contributed by atoms with Crippen LogP contribution in [0.15, 0.2) is 53.1 Å². The van der Waals surface area contributed by atoms with Crippen LogP contribution in [0.4, 0.5) is 0 Å². The molecule has 3 rings (SSSR count). The fraction of sp³-hybridized carbons (Fsp3) is 0.200. The highest BCUT2D eigenvalue weighted by Crippen LogP contribution is 2.32. The summed E-state index contributed by atoms with van der Waals surface area (Å²) < 4.78 is 26.3. The van der Waals surface area contributed by atoms with Crippen molar-refractivity contribution in [3.63, 3.8) is 0 Å². The molecule has 0 saturated carbocycles. The quantitative estimate of drug-likeness (QED) is 0.587. The molecule has 0 aliphatic rings. The number of hydrogen-bond acceptors (Lipinski definition) is 7. The zero-order valence-electron chi connectivity index (χ0n) is 15.2. The van der Waals surface area contributed by atoms with Crippen LogP contribution in [0.5, 0.6) is 17.2 Å². The summed E-state index contributed by atoms with van der Waals surface area (Å²) in [5.74, 6) is 1.68. The van der Waals surface area contributed by atoms with Crippen molar-refractivity contribution in [3.05, 3.63) is 59.8 Å². The predicted octanol–water partition coefficient (Wildman–Crippen LogP) is 3.72. The first-order valence-corrected chi connectivity index (χ1v) is 8.14. The molecule has 0 radical (unpaired) electrons. The van der Waals surface area contributed by atoms with Crippen LogP contribution in [0.1, 0.15) is 16.1 Å². The number of carbonyl (C=O) groups is 1. The van der Waals surface area contributed by atoms with Gasteiger partial charge in [0.1, 0.15) is 23.6 Å². The Morgan fingerprint density at radius 1 is 0.926 bits per heavy atom. The number of aromatic nitrogens is 1. The maximum absolute atomic E-state index is 12.2. The van der Waals surface area contributed by atoms with Gasteiger partial charge < -0.3 is 23.5 Å². The van der Waals surface area contributed by atoms with Crippen LogP contribution >= 0.6 is 0 Å². The molecule has 0 unspecified atom stereocenters. The van der Waals surface area contributed by atoms with Crippen molar-refractivity contribution in [1.82, 2.24) is 5.16 Å². The van der Waals surface area contributed by atoms with Crippen molar-refractivity contribution in [2.45, 2.75) is 6.61 Å². The van der Waals surface area contributed by atoms with Crippen molar-refractivity contribution >= 4 is 5.97 Å². The summed E-state index contributed by atoms with van der Waals surface area (Å²) in [5.41, 5.74) is 1.61. The number of rotatable bonds is 7. The van der Waals surface area contributed by atoms with E-state index < -0.39 is 5.97 Å². The first-order chi connectivity index (χ1) is 13.2. The zero-order valence-corrected chi connectivity index (χ0v) is 15.2. The molecular weight excluding hydrogens is 350 g/mol. The average Bonchev–Trinajstić information content (AvgIpc) is 3.20. The van der Waals surface area contributed by atoms with E-state index in [1.165, 1.54) is 7.11 Å². The first kappa shape index (κ1) is 18.3. The fourth-order valence-electron chi connectivity index (χ4n) is 2.54. The fourth-order valence-corrected chi connectivity index (χ4v) is 2.54. The minimum absolute atomic E-state index is 0.0202. The van der Waals surface area contributed by atoms with Gasteiger partial charge in [-0.15, -0.1) is 0 Å². The summed E-state index contributed by atoms with van der Waals surface area (Å²) >= 11 is 0. The lowest BCUT2D eigenvalue weighted by atomic mass is 10.1. The maximum Gasteiger partial charge on any atom is 0.342 e. The van der Waals surface area contributed by atoms with E-state index in [4.69, 9.17) is 23.5 Å². The summed E-state index contributed by atoms with van der Waals surface area (Å²) in [4.78, 5) is 12.2. The van der Waals surface area contributed by atoms with Crippen LogP contribution < -0.4 is 14.2 Å². The summed E-state index contributed by atoms with van der Waals surface area (Å²) in [6.45, 7) is -0.0202. The molecular formula is C20H19NO6. The van der Waals surface area contributed by atoms with Crippen LogP contribution in [0, 0.1) is 0 Å². The molecule has 1 aromatic heterocycles. The molecule has 0 aliphatic carbocycles. The number of methoxy groups -OCH3 is 3. The van der Waals surface area contributed by atoms with Crippen LogP contribution in [0.25, 0.3) is 11.3 Å². The number of carbonyl (C=O) groups excluding carboxylic acids is 1. The van der Waals surface area contributed by atoms with Gasteiger partial charge in [-0.25, -0.2) is 4.79 Å². The third-order valence-corrected chi connectivity index (χ3v) is 3.91. The molecule has 140 valence electrons. The Bertz CT molecular complexity index is 934. The number of esters is 1. The first-order valence-electron chi connectivity index (χ1n) is 8.14. The topological polar surface area (TPSA) is 80.0 Å². The van der Waals surface area contributed by atoms with Gasteiger partial charge in [0.15, 0.2) is 17.3 Å². The molecule has 0 spiro atoms. The predicted molar refractivity (Wildman–Crippen MR) is 97.2 cm³/mol. The molecule has 27 heavy (non-hydrogen) atoms. The molecule has 7 nitrogen and oxygen atoms in total. The van der Waals surface area contributed by atoms with E-state index in [0.29, 0.717) is 34.3 Å². The molecule has 0 saturated heterocycles. The highest BCUT2D eigenvalue weighted by molar-refractivity contribution is 5.92. The second-order valence-corrected chi connectivity index (χ2v) is 5.53. The molecule has 3 aromatic rings. The number of benzene rings is 2. The monoisotopic (exact) mass is 369 g/mol. The minimum Gasteiger partial charge on any atom is -0.496 e. The normalized spacial score (nSPS) is 10.3. The summed E-state index contributed by atoms with van der Waals surface area (Å²) in [6.07, 6.45) is 0. The average molecular weight is 369 g/mol. The van der Waals surface area contributed by atoms with Crippen LogP contribution in [0.3, 0.4) is 0 Å². The summed E-state index contributed by atoms with van der Waals surface area (Å²) in [6, 6.07) is 13.9. The number of nitrogens with zero attached hydrogens (tertiary/aromatic N) is 1. The number of ether oxygens (including phenoxy) is 4. The second-order valence-electron chi connectivity index (χ2n) is 5.53. The molecule has 0 atom stereocenters. The molecule has 0 amide bonds. The largest absolute Gasteiger partial charge is 0.496 e. The third kappa shape index (κ3) is 4.03. The third-order valence-electron chi connectivity index (χ3n) is 3.91. The van der Waals surface area contributed by atoms with Gasteiger partial charge in [-0.3, -0.25) is 0 Å². The van der Waals surface area contributed by atoms with E-state index in [2.05, 4.69) is 5.16 Å². The number of para-hydroxylation sites is 1. The molecule has 0 fully saturated rings. The molecule has 0 aliphatic heterocycles. The molecule has 2 aromatic carbocycles. The number of hydrogen-bond donors (Lipinski definition) is 0. The van der Waals surface area contributed by atoms with E-state index in [0.717, 1.165) is 5.56 Å². The maximum atomic E-state index is 12.2. The Labute approximate surface area is 156 Å². The van der Waals surface area contributed by atoms with E-state index >= 15 is 0 Å². The lowest BCUT2D eigenvalue weighted by Crippen LogP contribution is -2.07. The summed E-state index contributed by atoms with van der Waals surface area (Å²) in [5, 5.41) is 3.94. The smallest absolute Gasteiger partial charge is 0.342 e. The lowest BCUT2D eigenvalue weighted by molar-refractivity contribution is 0.0460. The molecule has 0 bridgehead atoms. The van der Waals surface area contributed by atoms with Gasteiger partial charge in [0.05, 0.1) is 21.3 Å². The van der Waals surface area contributed by atoms with Gasteiger partial charge >= 0.3 is 5.97 Å². The Kier molecular flexibility index (Phi) is 5.61. The van der Waals surface area contributed by atoms with Gasteiger partial charge in [0.2, 0.25) is 0 Å². The van der Waals surface area contributed by atoms with Gasteiger partial charge in [-0.1, -0.05) is 17.3 Å². The van der Waals surface area contributed by atoms with Crippen molar-refractivity contribution in [2.75, 3.05) is 21.3 Å². The SMILES string of the molecule is COc1ccc(-c2cc(COC(=O)c3ccccc3OC)no2)cc1OC. The Hall–Kier alpha value is -3.48. The van der Waals surface area contributed by atoms with Crippen molar-refractivity contribution < 1.29 is 28.3 Å². The summed E-state index contributed by atoms with van der Waals surface area (Å²) in [7, 11) is 4.63. The second kappa shape index (κ2) is 8.27. The van der Waals surface area contributed by atoms with Crippen molar-refractivity contribution in [2.24, 2.45) is 0 Å². The standard InChI is InChI=1S/C20H19NO6/c1-23-16-7-5-4-6-15(16)20(22)26-12-14-11-18(27-21-14)13-8-9-17(24-2)19(10-13)25-3/h4-11H,12H2,1-3H3. The van der Waals surface area contributed by atoms with Crippen LogP contribution in [0.2, 0.25) is 0 Å². The van der Waals surface area contributed by atoms with E-state index in [1.54, 1.807) is 56.7 Å². The van der Waals surface area contributed by atoms with Crippen molar-refractivity contribution in [3.8, 4) is 28.6 Å². The van der Waals surface area contributed by atoms with Gasteiger partial charge in [-0.05, 0) is 30.3 Å². The highest BCUT2D eigenvalue weighted by Gasteiger charge is 2.15. The Morgan fingerprint density at radius 3 is 2.41 bits per heavy atom. The molecule has 1 heterocycles. The van der Waals surface area contributed by atoms with Crippen molar-refractivity contribution in [1.29, 1.82) is 0 Å². The van der Waals surface area contributed by atoms with E-state index in [9.17, 15) is 4.79 Å². The zero-order chi connectivity index (χ0) is 19.2. The van der Waals surface area contributed by atoms with Gasteiger partial charge in [0.25, 0.3) is 0 Å².